The highest BCUT2D eigenvalue weighted by Gasteiger charge is 1.97. The zero-order valence-electron chi connectivity index (χ0n) is 6.72. The van der Waals surface area contributed by atoms with Crippen molar-refractivity contribution < 1.29 is 0 Å². The van der Waals surface area contributed by atoms with E-state index >= 15 is 0 Å². The molecule has 62 valence electrons. The highest BCUT2D eigenvalue weighted by atomic mass is 79.9. The van der Waals surface area contributed by atoms with Crippen molar-refractivity contribution in [3.8, 4) is 0 Å². The number of halogens is 1. The Hall–Kier alpha value is 0.180. The lowest BCUT2D eigenvalue weighted by Gasteiger charge is -2.00. The topological polar surface area (TPSA) is 0 Å². The van der Waals surface area contributed by atoms with Crippen LogP contribution in [-0.2, 0) is 6.42 Å². The molecule has 0 aromatic carbocycles. The van der Waals surface area contributed by atoms with E-state index < -0.39 is 0 Å². The smallest absolute Gasteiger partial charge is 0.0117 e. The van der Waals surface area contributed by atoms with Crippen LogP contribution in [-0.4, -0.2) is 4.83 Å². The molecule has 0 amide bonds. The van der Waals surface area contributed by atoms with Crippen LogP contribution in [0.5, 0.6) is 0 Å². The summed E-state index contributed by atoms with van der Waals surface area (Å²) in [6.45, 7) is 2.20. The number of hydrogen-bond donors (Lipinski definition) is 0. The first-order valence-electron chi connectivity index (χ1n) is 3.95. The Morgan fingerprint density at radius 1 is 1.64 bits per heavy atom. The number of rotatable bonds is 4. The van der Waals surface area contributed by atoms with E-state index in [0.717, 1.165) is 0 Å². The van der Waals surface area contributed by atoms with Crippen LogP contribution >= 0.6 is 27.3 Å². The maximum absolute atomic E-state index is 3.54. The summed E-state index contributed by atoms with van der Waals surface area (Å²) >= 11 is 5.40. The van der Waals surface area contributed by atoms with Gasteiger partial charge in [-0.2, -0.15) is 0 Å². The van der Waals surface area contributed by atoms with E-state index in [9.17, 15) is 0 Å². The molecule has 0 saturated heterocycles. The molecule has 0 saturated carbocycles. The first-order chi connectivity index (χ1) is 5.29. The summed E-state index contributed by atoms with van der Waals surface area (Å²) in [5, 5.41) is 2.15. The molecule has 0 N–H and O–H groups in total. The molecule has 2 heteroatoms. The fraction of sp³-hybridized carbons (Fsp3) is 0.556. The van der Waals surface area contributed by atoms with Crippen molar-refractivity contribution in [2.24, 2.45) is 0 Å². The predicted octanol–water partition coefficient (Wildman–Crippen LogP) is 3.85. The number of hydrogen-bond acceptors (Lipinski definition) is 1. The van der Waals surface area contributed by atoms with Gasteiger partial charge >= 0.3 is 0 Å². The SMILES string of the molecule is CC(Br)CCCc1cccs1. The predicted molar refractivity (Wildman–Crippen MR) is 55.6 cm³/mol. The van der Waals surface area contributed by atoms with Crippen molar-refractivity contribution in [3.63, 3.8) is 0 Å². The van der Waals surface area contributed by atoms with Gasteiger partial charge in [-0.1, -0.05) is 28.9 Å². The van der Waals surface area contributed by atoms with Crippen LogP contribution in [0.3, 0.4) is 0 Å². The van der Waals surface area contributed by atoms with E-state index in [2.05, 4.69) is 40.4 Å². The van der Waals surface area contributed by atoms with Crippen LogP contribution in [0.4, 0.5) is 0 Å². The molecule has 1 aromatic heterocycles. The minimum atomic E-state index is 0.669. The standard InChI is InChI=1S/C9H13BrS/c1-8(10)4-2-5-9-6-3-7-11-9/h3,6-8H,2,4-5H2,1H3. The Labute approximate surface area is 80.8 Å². The Morgan fingerprint density at radius 3 is 3.00 bits per heavy atom. The van der Waals surface area contributed by atoms with E-state index in [1.54, 1.807) is 0 Å². The Bertz CT molecular complexity index is 179. The summed E-state index contributed by atoms with van der Waals surface area (Å²) < 4.78 is 0. The first-order valence-corrected chi connectivity index (χ1v) is 5.75. The van der Waals surface area contributed by atoms with Crippen molar-refractivity contribution in [3.05, 3.63) is 22.4 Å². The van der Waals surface area contributed by atoms with Gasteiger partial charge in [-0.25, -0.2) is 0 Å². The maximum atomic E-state index is 3.54. The third kappa shape index (κ3) is 3.92. The number of aryl methyl sites for hydroxylation is 1. The van der Waals surface area contributed by atoms with Crippen molar-refractivity contribution in [2.75, 3.05) is 0 Å². The fourth-order valence-corrected chi connectivity index (χ4v) is 2.09. The summed E-state index contributed by atoms with van der Waals surface area (Å²) in [5.74, 6) is 0. The highest BCUT2D eigenvalue weighted by Crippen LogP contribution is 2.14. The van der Waals surface area contributed by atoms with E-state index in [4.69, 9.17) is 0 Å². The number of alkyl halides is 1. The average molecular weight is 233 g/mol. The third-order valence-electron chi connectivity index (χ3n) is 1.61. The largest absolute Gasteiger partial charge is 0.149 e. The third-order valence-corrected chi connectivity index (χ3v) is 3.00. The Morgan fingerprint density at radius 2 is 2.45 bits per heavy atom. The molecule has 1 heterocycles. The lowest BCUT2D eigenvalue weighted by Crippen LogP contribution is -1.90. The summed E-state index contributed by atoms with van der Waals surface area (Å²) in [4.78, 5) is 2.18. The van der Waals surface area contributed by atoms with Crippen LogP contribution in [0.25, 0.3) is 0 Å². The van der Waals surface area contributed by atoms with Crippen LogP contribution < -0.4 is 0 Å². The normalized spacial score (nSPS) is 13.3. The van der Waals surface area contributed by atoms with Crippen molar-refractivity contribution in [1.82, 2.24) is 0 Å². The van der Waals surface area contributed by atoms with Gasteiger partial charge in [0, 0.05) is 9.70 Å². The molecule has 1 atom stereocenters. The number of thiophene rings is 1. The zero-order valence-corrected chi connectivity index (χ0v) is 9.12. The molecule has 1 rings (SSSR count). The quantitative estimate of drug-likeness (QED) is 0.693. The van der Waals surface area contributed by atoms with Crippen molar-refractivity contribution in [2.45, 2.75) is 31.0 Å². The molecular weight excluding hydrogens is 220 g/mol. The van der Waals surface area contributed by atoms with Gasteiger partial charge in [0.05, 0.1) is 0 Å². The average Bonchev–Trinajstić information content (AvgIpc) is 2.39. The van der Waals surface area contributed by atoms with E-state index in [1.807, 2.05) is 11.3 Å². The summed E-state index contributed by atoms with van der Waals surface area (Å²) in [6.07, 6.45) is 3.82. The van der Waals surface area contributed by atoms with Gasteiger partial charge in [0.1, 0.15) is 0 Å². The van der Waals surface area contributed by atoms with Crippen LogP contribution in [0.15, 0.2) is 17.5 Å². The van der Waals surface area contributed by atoms with E-state index in [-0.39, 0.29) is 0 Å². The molecule has 0 radical (unpaired) electrons. The van der Waals surface area contributed by atoms with E-state index in [0.29, 0.717) is 4.83 Å². The fourth-order valence-electron chi connectivity index (χ4n) is 1.01. The zero-order chi connectivity index (χ0) is 8.10. The van der Waals surface area contributed by atoms with Gasteiger partial charge in [0.15, 0.2) is 0 Å². The minimum Gasteiger partial charge on any atom is -0.149 e. The molecule has 0 bridgehead atoms. The Kier molecular flexibility index (Phi) is 4.16. The van der Waals surface area contributed by atoms with Gasteiger partial charge in [0.25, 0.3) is 0 Å². The molecule has 0 aliphatic carbocycles. The van der Waals surface area contributed by atoms with Gasteiger partial charge in [-0.15, -0.1) is 11.3 Å². The molecule has 11 heavy (non-hydrogen) atoms. The van der Waals surface area contributed by atoms with Gasteiger partial charge in [0.2, 0.25) is 0 Å². The van der Waals surface area contributed by atoms with Crippen LogP contribution in [0.2, 0.25) is 0 Å². The summed E-state index contributed by atoms with van der Waals surface area (Å²) in [5.41, 5.74) is 0. The van der Waals surface area contributed by atoms with Crippen molar-refractivity contribution in [1.29, 1.82) is 0 Å². The van der Waals surface area contributed by atoms with Crippen LogP contribution in [0, 0.1) is 0 Å². The Balaban J connectivity index is 2.14. The molecule has 0 spiro atoms. The lowest BCUT2D eigenvalue weighted by molar-refractivity contribution is 0.742. The highest BCUT2D eigenvalue weighted by molar-refractivity contribution is 9.09. The first kappa shape index (κ1) is 9.27. The maximum Gasteiger partial charge on any atom is 0.0117 e. The van der Waals surface area contributed by atoms with Gasteiger partial charge in [-0.3, -0.25) is 0 Å². The molecule has 0 nitrogen and oxygen atoms in total. The second-order valence-corrected chi connectivity index (χ2v) is 5.35. The molecule has 0 aliphatic heterocycles. The lowest BCUT2D eigenvalue weighted by atomic mass is 10.2. The molecule has 0 aliphatic rings. The van der Waals surface area contributed by atoms with Crippen LogP contribution in [0.1, 0.15) is 24.6 Å². The second kappa shape index (κ2) is 4.94. The summed E-state index contributed by atoms with van der Waals surface area (Å²) in [7, 11) is 0. The molecular formula is C9H13BrS. The summed E-state index contributed by atoms with van der Waals surface area (Å²) in [6, 6.07) is 4.33. The molecule has 1 aromatic rings. The molecule has 1 unspecified atom stereocenters. The second-order valence-electron chi connectivity index (χ2n) is 2.75. The van der Waals surface area contributed by atoms with Gasteiger partial charge < -0.3 is 0 Å². The molecule has 0 fully saturated rings. The van der Waals surface area contributed by atoms with Crippen molar-refractivity contribution >= 4 is 27.3 Å². The van der Waals surface area contributed by atoms with Gasteiger partial charge in [-0.05, 0) is 30.7 Å². The minimum absolute atomic E-state index is 0.669. The van der Waals surface area contributed by atoms with E-state index in [1.165, 1.54) is 24.1 Å². The monoisotopic (exact) mass is 232 g/mol.